The molecule has 2 rings (SSSR count). The third kappa shape index (κ3) is 2.71. The number of pyridine rings is 1. The van der Waals surface area contributed by atoms with Gasteiger partial charge in [0, 0.05) is 18.8 Å². The van der Waals surface area contributed by atoms with Gasteiger partial charge in [-0.25, -0.2) is 4.98 Å². The molecule has 4 nitrogen and oxygen atoms in total. The minimum atomic E-state index is 0.613. The van der Waals surface area contributed by atoms with E-state index in [0.29, 0.717) is 17.4 Å². The van der Waals surface area contributed by atoms with Gasteiger partial charge in [0.05, 0.1) is 5.56 Å². The summed E-state index contributed by atoms with van der Waals surface area (Å²) >= 11 is 0. The number of rotatable bonds is 4. The van der Waals surface area contributed by atoms with Gasteiger partial charge in [-0.05, 0) is 37.9 Å². The van der Waals surface area contributed by atoms with Crippen molar-refractivity contribution >= 4 is 5.82 Å². The van der Waals surface area contributed by atoms with Gasteiger partial charge in [-0.1, -0.05) is 0 Å². The Bertz CT molecular complexity index is 377. The first kappa shape index (κ1) is 10.9. The zero-order valence-corrected chi connectivity index (χ0v) is 9.24. The van der Waals surface area contributed by atoms with Crippen LogP contribution >= 0.6 is 0 Å². The van der Waals surface area contributed by atoms with Gasteiger partial charge in [0.1, 0.15) is 11.9 Å². The van der Waals surface area contributed by atoms with Crippen molar-refractivity contribution in [2.24, 2.45) is 0 Å². The molecule has 16 heavy (non-hydrogen) atoms. The van der Waals surface area contributed by atoms with Crippen LogP contribution in [0.25, 0.3) is 0 Å². The van der Waals surface area contributed by atoms with E-state index in [9.17, 15) is 0 Å². The predicted octanol–water partition coefficient (Wildman–Crippen LogP) is 1.51. The summed E-state index contributed by atoms with van der Waals surface area (Å²) in [6, 6.07) is 6.32. The molecular formula is C12H16N4. The average Bonchev–Trinajstić information content (AvgIpc) is 2.83. The van der Waals surface area contributed by atoms with Crippen molar-refractivity contribution in [1.82, 2.24) is 10.3 Å². The minimum absolute atomic E-state index is 0.613. The standard InChI is InChI=1S/C12H16N4/c13-9-10-3-1-7-15-12(10)16-8-5-11-4-2-6-14-11/h1,3,7,11,14H,2,4-6,8H2,(H,15,16). The second-order valence-electron chi connectivity index (χ2n) is 4.02. The summed E-state index contributed by atoms with van der Waals surface area (Å²) in [5.41, 5.74) is 0.613. The van der Waals surface area contributed by atoms with Crippen LogP contribution in [0.15, 0.2) is 18.3 Å². The molecule has 0 aliphatic carbocycles. The molecule has 0 radical (unpaired) electrons. The molecule has 1 fully saturated rings. The van der Waals surface area contributed by atoms with E-state index >= 15 is 0 Å². The molecule has 2 heterocycles. The zero-order valence-electron chi connectivity index (χ0n) is 9.24. The SMILES string of the molecule is N#Cc1cccnc1NCCC1CCCN1. The number of nitrogens with zero attached hydrogens (tertiary/aromatic N) is 2. The van der Waals surface area contributed by atoms with Crippen molar-refractivity contribution in [1.29, 1.82) is 5.26 Å². The van der Waals surface area contributed by atoms with Gasteiger partial charge in [0.2, 0.25) is 0 Å². The predicted molar refractivity (Wildman–Crippen MR) is 63.1 cm³/mol. The number of nitriles is 1. The summed E-state index contributed by atoms with van der Waals surface area (Å²) in [6.45, 7) is 2.00. The molecule has 84 valence electrons. The molecular weight excluding hydrogens is 200 g/mol. The van der Waals surface area contributed by atoms with Crippen LogP contribution in [0.2, 0.25) is 0 Å². The highest BCUT2D eigenvalue weighted by molar-refractivity contribution is 5.51. The van der Waals surface area contributed by atoms with Crippen LogP contribution in [0, 0.1) is 11.3 Å². The van der Waals surface area contributed by atoms with Crippen molar-refractivity contribution in [3.8, 4) is 6.07 Å². The Balaban J connectivity index is 1.82. The fraction of sp³-hybridized carbons (Fsp3) is 0.500. The molecule has 0 amide bonds. The van der Waals surface area contributed by atoms with E-state index < -0.39 is 0 Å². The van der Waals surface area contributed by atoms with E-state index in [-0.39, 0.29) is 0 Å². The Labute approximate surface area is 95.7 Å². The van der Waals surface area contributed by atoms with E-state index in [1.807, 2.05) is 0 Å². The molecule has 4 heteroatoms. The number of nitrogens with one attached hydrogen (secondary N) is 2. The first-order valence-electron chi connectivity index (χ1n) is 5.72. The van der Waals surface area contributed by atoms with Gasteiger partial charge < -0.3 is 10.6 Å². The van der Waals surface area contributed by atoms with Gasteiger partial charge in [0.25, 0.3) is 0 Å². The second kappa shape index (κ2) is 5.47. The Morgan fingerprint density at radius 2 is 2.56 bits per heavy atom. The maximum atomic E-state index is 8.89. The van der Waals surface area contributed by atoms with Crippen molar-refractivity contribution in [2.45, 2.75) is 25.3 Å². The molecule has 0 spiro atoms. The van der Waals surface area contributed by atoms with Crippen LogP contribution in [0.4, 0.5) is 5.82 Å². The lowest BCUT2D eigenvalue weighted by molar-refractivity contribution is 0.574. The Kier molecular flexibility index (Phi) is 3.73. The Morgan fingerprint density at radius 1 is 1.62 bits per heavy atom. The van der Waals surface area contributed by atoms with Crippen LogP contribution in [-0.2, 0) is 0 Å². The first-order valence-corrected chi connectivity index (χ1v) is 5.72. The molecule has 2 N–H and O–H groups in total. The van der Waals surface area contributed by atoms with Gasteiger partial charge in [-0.15, -0.1) is 0 Å². The van der Waals surface area contributed by atoms with Crippen LogP contribution in [0.5, 0.6) is 0 Å². The molecule has 0 saturated carbocycles. The van der Waals surface area contributed by atoms with Gasteiger partial charge in [-0.3, -0.25) is 0 Å². The summed E-state index contributed by atoms with van der Waals surface area (Å²) in [5.74, 6) is 0.697. The quantitative estimate of drug-likeness (QED) is 0.801. The molecule has 1 aliphatic heterocycles. The largest absolute Gasteiger partial charge is 0.369 e. The average molecular weight is 216 g/mol. The summed E-state index contributed by atoms with van der Waals surface area (Å²) in [5, 5.41) is 15.6. The third-order valence-electron chi connectivity index (χ3n) is 2.88. The maximum absolute atomic E-state index is 8.89. The number of aromatic nitrogens is 1. The normalized spacial score (nSPS) is 19.3. The van der Waals surface area contributed by atoms with E-state index in [0.717, 1.165) is 19.5 Å². The molecule has 1 saturated heterocycles. The third-order valence-corrected chi connectivity index (χ3v) is 2.88. The highest BCUT2D eigenvalue weighted by Gasteiger charge is 2.13. The maximum Gasteiger partial charge on any atom is 0.143 e. The summed E-state index contributed by atoms with van der Waals surface area (Å²) in [6.07, 6.45) is 5.32. The number of anilines is 1. The summed E-state index contributed by atoms with van der Waals surface area (Å²) in [7, 11) is 0. The lowest BCUT2D eigenvalue weighted by atomic mass is 10.1. The molecule has 1 aliphatic rings. The summed E-state index contributed by atoms with van der Waals surface area (Å²) in [4.78, 5) is 4.16. The number of hydrogen-bond donors (Lipinski definition) is 2. The molecule has 1 aromatic rings. The Morgan fingerprint density at radius 3 is 3.31 bits per heavy atom. The Hall–Kier alpha value is -1.60. The lowest BCUT2D eigenvalue weighted by Crippen LogP contribution is -2.24. The van der Waals surface area contributed by atoms with Crippen LogP contribution < -0.4 is 10.6 Å². The highest BCUT2D eigenvalue weighted by Crippen LogP contribution is 2.12. The topological polar surface area (TPSA) is 60.7 Å². The van der Waals surface area contributed by atoms with E-state index in [4.69, 9.17) is 5.26 Å². The van der Waals surface area contributed by atoms with E-state index in [2.05, 4.69) is 21.7 Å². The van der Waals surface area contributed by atoms with Crippen molar-refractivity contribution < 1.29 is 0 Å². The fourth-order valence-electron chi connectivity index (χ4n) is 2.00. The molecule has 1 atom stereocenters. The first-order chi connectivity index (χ1) is 7.90. The van der Waals surface area contributed by atoms with Crippen molar-refractivity contribution in [3.63, 3.8) is 0 Å². The van der Waals surface area contributed by atoms with Gasteiger partial charge in [-0.2, -0.15) is 5.26 Å². The summed E-state index contributed by atoms with van der Waals surface area (Å²) < 4.78 is 0. The van der Waals surface area contributed by atoms with Crippen molar-refractivity contribution in [3.05, 3.63) is 23.9 Å². The smallest absolute Gasteiger partial charge is 0.143 e. The lowest BCUT2D eigenvalue weighted by Gasteiger charge is -2.11. The zero-order chi connectivity index (χ0) is 11.2. The number of hydrogen-bond acceptors (Lipinski definition) is 4. The molecule has 1 unspecified atom stereocenters. The molecule has 1 aromatic heterocycles. The van der Waals surface area contributed by atoms with E-state index in [1.165, 1.54) is 12.8 Å². The highest BCUT2D eigenvalue weighted by atomic mass is 15.0. The van der Waals surface area contributed by atoms with E-state index in [1.54, 1.807) is 18.3 Å². The van der Waals surface area contributed by atoms with Crippen LogP contribution in [0.3, 0.4) is 0 Å². The fourth-order valence-corrected chi connectivity index (χ4v) is 2.00. The van der Waals surface area contributed by atoms with Crippen LogP contribution in [0.1, 0.15) is 24.8 Å². The van der Waals surface area contributed by atoms with Crippen LogP contribution in [-0.4, -0.2) is 24.1 Å². The second-order valence-corrected chi connectivity index (χ2v) is 4.02. The minimum Gasteiger partial charge on any atom is -0.369 e. The molecule has 0 bridgehead atoms. The molecule has 0 aromatic carbocycles. The monoisotopic (exact) mass is 216 g/mol. The van der Waals surface area contributed by atoms with Gasteiger partial charge >= 0.3 is 0 Å². The van der Waals surface area contributed by atoms with Gasteiger partial charge in [0.15, 0.2) is 0 Å². The van der Waals surface area contributed by atoms with Crippen molar-refractivity contribution in [2.75, 3.05) is 18.4 Å².